The number of rotatable bonds is 5. The molecule has 6 heteroatoms. The standard InChI is InChI=1S/C17H16N4O2/c1-2-3-10-4-6-11(7-5-10)12-8-13(20-9-19-12)21-15-14(18)16(22)17(15)23/h4-9H,2-3,18H2,1H3,(H,19,20,21). The number of anilines is 3. The third kappa shape index (κ3) is 2.83. The summed E-state index contributed by atoms with van der Waals surface area (Å²) in [4.78, 5) is 30.9. The Balaban J connectivity index is 1.85. The largest absolute Gasteiger partial charge is 0.394 e. The van der Waals surface area contributed by atoms with Crippen molar-refractivity contribution in [3.05, 3.63) is 62.7 Å². The number of aromatic nitrogens is 2. The van der Waals surface area contributed by atoms with Crippen molar-refractivity contribution in [3.8, 4) is 11.3 Å². The third-order valence-electron chi connectivity index (χ3n) is 3.66. The lowest BCUT2D eigenvalue weighted by Crippen LogP contribution is -2.36. The minimum atomic E-state index is -0.659. The average molecular weight is 308 g/mol. The Hall–Kier alpha value is -3.02. The molecule has 6 nitrogen and oxygen atoms in total. The molecule has 2 aromatic carbocycles. The zero-order valence-electron chi connectivity index (χ0n) is 12.7. The van der Waals surface area contributed by atoms with E-state index in [4.69, 9.17) is 5.73 Å². The van der Waals surface area contributed by atoms with Crippen molar-refractivity contribution in [3.63, 3.8) is 0 Å². The highest BCUT2D eigenvalue weighted by Gasteiger charge is 2.18. The van der Waals surface area contributed by atoms with Gasteiger partial charge in [-0.3, -0.25) is 9.59 Å². The van der Waals surface area contributed by atoms with Crippen LogP contribution in [0.4, 0.5) is 17.2 Å². The van der Waals surface area contributed by atoms with Crippen molar-refractivity contribution in [2.75, 3.05) is 11.1 Å². The fourth-order valence-corrected chi connectivity index (χ4v) is 2.38. The first kappa shape index (κ1) is 14.9. The Bertz CT molecular complexity index is 909. The summed E-state index contributed by atoms with van der Waals surface area (Å²) >= 11 is 0. The van der Waals surface area contributed by atoms with Crippen LogP contribution in [0.2, 0.25) is 0 Å². The number of benzene rings is 1. The highest BCUT2D eigenvalue weighted by Crippen LogP contribution is 2.22. The molecule has 3 aromatic rings. The number of nitrogens with one attached hydrogen (secondary N) is 1. The van der Waals surface area contributed by atoms with Crippen LogP contribution in [0.3, 0.4) is 0 Å². The zero-order valence-corrected chi connectivity index (χ0v) is 12.7. The molecule has 0 amide bonds. The summed E-state index contributed by atoms with van der Waals surface area (Å²) in [6.45, 7) is 2.14. The molecule has 0 unspecified atom stereocenters. The molecule has 0 fully saturated rings. The van der Waals surface area contributed by atoms with Gasteiger partial charge in [0.05, 0.1) is 5.69 Å². The molecule has 1 heterocycles. The zero-order chi connectivity index (χ0) is 16.4. The SMILES string of the molecule is CCCc1ccc(-c2cc(Nc3c(N)c(=O)c3=O)ncn2)cc1. The Kier molecular flexibility index (Phi) is 3.89. The van der Waals surface area contributed by atoms with Crippen molar-refractivity contribution >= 4 is 17.2 Å². The fourth-order valence-electron chi connectivity index (χ4n) is 2.38. The quantitative estimate of drug-likeness (QED) is 0.700. The Morgan fingerprint density at radius 3 is 2.48 bits per heavy atom. The molecular weight excluding hydrogens is 292 g/mol. The van der Waals surface area contributed by atoms with Crippen LogP contribution in [0.1, 0.15) is 18.9 Å². The predicted molar refractivity (Wildman–Crippen MR) is 90.5 cm³/mol. The lowest BCUT2D eigenvalue weighted by atomic mass is 10.1. The van der Waals surface area contributed by atoms with E-state index < -0.39 is 10.9 Å². The molecule has 0 saturated heterocycles. The van der Waals surface area contributed by atoms with Gasteiger partial charge in [-0.05, 0) is 12.0 Å². The van der Waals surface area contributed by atoms with Crippen LogP contribution in [0, 0.1) is 0 Å². The molecule has 0 bridgehead atoms. The summed E-state index contributed by atoms with van der Waals surface area (Å²) in [6.07, 6.45) is 3.55. The van der Waals surface area contributed by atoms with Gasteiger partial charge in [-0.25, -0.2) is 9.97 Å². The maximum atomic E-state index is 11.4. The van der Waals surface area contributed by atoms with Crippen LogP contribution < -0.4 is 21.9 Å². The molecule has 0 spiro atoms. The summed E-state index contributed by atoms with van der Waals surface area (Å²) < 4.78 is 0. The molecule has 0 atom stereocenters. The normalized spacial score (nSPS) is 10.8. The molecule has 0 radical (unpaired) electrons. The van der Waals surface area contributed by atoms with Crippen LogP contribution in [0.15, 0.2) is 46.2 Å². The second-order valence-corrected chi connectivity index (χ2v) is 5.31. The maximum Gasteiger partial charge on any atom is 0.253 e. The lowest BCUT2D eigenvalue weighted by molar-refractivity contribution is 0.922. The van der Waals surface area contributed by atoms with Crippen molar-refractivity contribution in [1.82, 2.24) is 9.97 Å². The summed E-state index contributed by atoms with van der Waals surface area (Å²) in [6, 6.07) is 9.86. The molecule has 0 aliphatic rings. The van der Waals surface area contributed by atoms with E-state index in [1.165, 1.54) is 11.9 Å². The first-order chi connectivity index (χ1) is 11.1. The molecule has 23 heavy (non-hydrogen) atoms. The van der Waals surface area contributed by atoms with Crippen molar-refractivity contribution in [1.29, 1.82) is 0 Å². The van der Waals surface area contributed by atoms with E-state index in [0.717, 1.165) is 24.1 Å². The van der Waals surface area contributed by atoms with Crippen LogP contribution in [0.25, 0.3) is 11.3 Å². The van der Waals surface area contributed by atoms with E-state index in [2.05, 4.69) is 34.3 Å². The van der Waals surface area contributed by atoms with Gasteiger partial charge >= 0.3 is 0 Å². The van der Waals surface area contributed by atoms with Gasteiger partial charge in [0.1, 0.15) is 23.5 Å². The minimum Gasteiger partial charge on any atom is -0.394 e. The van der Waals surface area contributed by atoms with Gasteiger partial charge in [0.2, 0.25) is 0 Å². The maximum absolute atomic E-state index is 11.4. The van der Waals surface area contributed by atoms with Gasteiger partial charge in [0.25, 0.3) is 10.9 Å². The van der Waals surface area contributed by atoms with Gasteiger partial charge in [0, 0.05) is 11.6 Å². The van der Waals surface area contributed by atoms with Crippen LogP contribution in [-0.4, -0.2) is 9.97 Å². The Morgan fingerprint density at radius 1 is 1.09 bits per heavy atom. The average Bonchev–Trinajstić information content (AvgIpc) is 2.60. The van der Waals surface area contributed by atoms with E-state index in [1.807, 2.05) is 12.1 Å². The molecular formula is C17H16N4O2. The monoisotopic (exact) mass is 308 g/mol. The summed E-state index contributed by atoms with van der Waals surface area (Å²) in [5, 5.41) is 2.78. The number of hydrogen-bond donors (Lipinski definition) is 2. The predicted octanol–water partition coefficient (Wildman–Crippen LogP) is 2.02. The van der Waals surface area contributed by atoms with E-state index in [1.54, 1.807) is 6.07 Å². The minimum absolute atomic E-state index is 0.0564. The summed E-state index contributed by atoms with van der Waals surface area (Å²) in [5.41, 5.74) is 7.22. The molecule has 3 N–H and O–H groups in total. The highest BCUT2D eigenvalue weighted by molar-refractivity contribution is 5.76. The number of aryl methyl sites for hydroxylation is 1. The first-order valence-corrected chi connectivity index (χ1v) is 7.37. The van der Waals surface area contributed by atoms with E-state index >= 15 is 0 Å². The molecule has 0 aliphatic carbocycles. The second-order valence-electron chi connectivity index (χ2n) is 5.31. The van der Waals surface area contributed by atoms with Gasteiger partial charge in [0.15, 0.2) is 0 Å². The molecule has 1 aromatic heterocycles. The van der Waals surface area contributed by atoms with Crippen molar-refractivity contribution in [2.24, 2.45) is 0 Å². The molecule has 3 rings (SSSR count). The van der Waals surface area contributed by atoms with Gasteiger partial charge in [-0.2, -0.15) is 0 Å². The van der Waals surface area contributed by atoms with E-state index in [0.29, 0.717) is 5.82 Å². The van der Waals surface area contributed by atoms with Gasteiger partial charge < -0.3 is 11.1 Å². The van der Waals surface area contributed by atoms with Gasteiger partial charge in [-0.1, -0.05) is 37.6 Å². The number of nitrogens with zero attached hydrogens (tertiary/aromatic N) is 2. The topological polar surface area (TPSA) is 98.0 Å². The van der Waals surface area contributed by atoms with Crippen molar-refractivity contribution < 1.29 is 0 Å². The molecule has 0 aliphatic heterocycles. The van der Waals surface area contributed by atoms with E-state index in [9.17, 15) is 9.59 Å². The van der Waals surface area contributed by atoms with Gasteiger partial charge in [-0.15, -0.1) is 0 Å². The van der Waals surface area contributed by atoms with Crippen molar-refractivity contribution in [2.45, 2.75) is 19.8 Å². The smallest absolute Gasteiger partial charge is 0.253 e. The highest BCUT2D eigenvalue weighted by atomic mass is 16.2. The fraction of sp³-hybridized carbons (Fsp3) is 0.176. The molecule has 116 valence electrons. The Labute approximate surface area is 132 Å². The Morgan fingerprint density at radius 2 is 1.83 bits per heavy atom. The number of nitrogen functional groups attached to an aromatic ring is 1. The third-order valence-corrected chi connectivity index (χ3v) is 3.66. The molecule has 0 saturated carbocycles. The summed E-state index contributed by atoms with van der Waals surface area (Å²) in [7, 11) is 0. The van der Waals surface area contributed by atoms with Crippen LogP contribution >= 0.6 is 0 Å². The summed E-state index contributed by atoms with van der Waals surface area (Å²) in [5.74, 6) is 0.423. The van der Waals surface area contributed by atoms with E-state index in [-0.39, 0.29) is 11.4 Å². The number of hydrogen-bond acceptors (Lipinski definition) is 6. The second kappa shape index (κ2) is 6.00. The number of nitrogens with two attached hydrogens (primary N) is 1. The van der Waals surface area contributed by atoms with Crippen LogP contribution in [0.5, 0.6) is 0 Å². The lowest BCUT2D eigenvalue weighted by Gasteiger charge is -2.10. The van der Waals surface area contributed by atoms with Crippen LogP contribution in [-0.2, 0) is 6.42 Å². The first-order valence-electron chi connectivity index (χ1n) is 7.37.